The largest absolute Gasteiger partial charge is 0.370 e. The van der Waals surface area contributed by atoms with Crippen molar-refractivity contribution in [2.45, 2.75) is 13.0 Å². The van der Waals surface area contributed by atoms with E-state index in [1.54, 1.807) is 24.7 Å². The van der Waals surface area contributed by atoms with E-state index in [0.717, 1.165) is 29.8 Å². The predicted octanol–water partition coefficient (Wildman–Crippen LogP) is 1.87. The molecule has 0 bridgehead atoms. The highest BCUT2D eigenvalue weighted by molar-refractivity contribution is 5.82. The fraction of sp³-hybridized carbons (Fsp3) is 0.318. The Morgan fingerprint density at radius 3 is 2.79 bits per heavy atom. The second-order valence-electron chi connectivity index (χ2n) is 7.48. The van der Waals surface area contributed by atoms with Crippen LogP contribution in [0, 0.1) is 5.92 Å². The van der Waals surface area contributed by atoms with Gasteiger partial charge in [-0.15, -0.1) is 0 Å². The summed E-state index contributed by atoms with van der Waals surface area (Å²) >= 11 is 0. The summed E-state index contributed by atoms with van der Waals surface area (Å²) in [6.07, 6.45) is 6.47. The average Bonchev–Trinajstić information content (AvgIpc) is 3.40. The molecule has 2 aromatic heterocycles. The zero-order chi connectivity index (χ0) is 20.4. The Morgan fingerprint density at radius 1 is 1.24 bits per heavy atom. The monoisotopic (exact) mass is 391 g/mol. The third-order valence-corrected chi connectivity index (χ3v) is 5.48. The molecule has 7 heteroatoms. The first-order chi connectivity index (χ1) is 14.0. The van der Waals surface area contributed by atoms with Gasteiger partial charge in [-0.1, -0.05) is 30.3 Å². The van der Waals surface area contributed by atoms with E-state index in [2.05, 4.69) is 27.4 Å². The Morgan fingerprint density at radius 2 is 2.03 bits per heavy atom. The number of hydrogen-bond acceptors (Lipinski definition) is 4. The molecule has 29 heavy (non-hydrogen) atoms. The Hall–Kier alpha value is -3.35. The fourth-order valence-electron chi connectivity index (χ4n) is 3.86. The van der Waals surface area contributed by atoms with Gasteiger partial charge in [-0.3, -0.25) is 14.3 Å². The molecule has 0 spiro atoms. The third-order valence-electron chi connectivity index (χ3n) is 5.48. The Bertz CT molecular complexity index is 1070. The number of hydrogen-bond donors (Lipinski definition) is 1. The Kier molecular flexibility index (Phi) is 5.20. The molecule has 0 radical (unpaired) electrons. The molecule has 1 N–H and O–H groups in total. The van der Waals surface area contributed by atoms with Gasteiger partial charge in [0.2, 0.25) is 5.91 Å². The molecule has 1 aliphatic heterocycles. The average molecular weight is 391 g/mol. The molecule has 1 aromatic carbocycles. The summed E-state index contributed by atoms with van der Waals surface area (Å²) in [6.45, 7) is 2.04. The lowest BCUT2D eigenvalue weighted by atomic mass is 10.1. The summed E-state index contributed by atoms with van der Waals surface area (Å²) in [5.74, 6) is -0.00808. The lowest BCUT2D eigenvalue weighted by Gasteiger charge is -2.22. The molecule has 0 saturated carbocycles. The summed E-state index contributed by atoms with van der Waals surface area (Å²) in [7, 11) is 3.41. The minimum atomic E-state index is -0.0659. The molecule has 150 valence electrons. The van der Waals surface area contributed by atoms with Crippen LogP contribution in [0.1, 0.15) is 12.0 Å². The number of amides is 1. The molecule has 7 nitrogen and oxygen atoms in total. The van der Waals surface area contributed by atoms with Gasteiger partial charge in [0.1, 0.15) is 0 Å². The lowest BCUT2D eigenvalue weighted by molar-refractivity contribution is -0.123. The molecular weight excluding hydrogens is 366 g/mol. The van der Waals surface area contributed by atoms with E-state index in [4.69, 9.17) is 0 Å². The van der Waals surface area contributed by atoms with Crippen LogP contribution >= 0.6 is 0 Å². The SMILES string of the molecule is CNC(=O)C1CCN(c2cc(=O)n(C)cc2-c2cnn(Cc3ccccc3)c2)C1. The van der Waals surface area contributed by atoms with E-state index in [1.165, 1.54) is 5.56 Å². The van der Waals surface area contributed by atoms with Gasteiger partial charge in [0.15, 0.2) is 0 Å². The van der Waals surface area contributed by atoms with Crippen LogP contribution in [0.2, 0.25) is 0 Å². The van der Waals surface area contributed by atoms with Gasteiger partial charge in [-0.2, -0.15) is 5.10 Å². The maximum atomic E-state index is 12.3. The molecular formula is C22H25N5O2. The summed E-state index contributed by atoms with van der Waals surface area (Å²) in [4.78, 5) is 26.5. The van der Waals surface area contributed by atoms with E-state index < -0.39 is 0 Å². The highest BCUT2D eigenvalue weighted by Gasteiger charge is 2.29. The van der Waals surface area contributed by atoms with Gasteiger partial charge >= 0.3 is 0 Å². The molecule has 0 aliphatic carbocycles. The van der Waals surface area contributed by atoms with Crippen molar-refractivity contribution >= 4 is 11.6 Å². The van der Waals surface area contributed by atoms with E-state index in [-0.39, 0.29) is 17.4 Å². The van der Waals surface area contributed by atoms with Crippen molar-refractivity contribution in [2.75, 3.05) is 25.0 Å². The normalized spacial score (nSPS) is 16.2. The van der Waals surface area contributed by atoms with Crippen molar-refractivity contribution < 1.29 is 4.79 Å². The Labute approximate surface area is 169 Å². The predicted molar refractivity (Wildman–Crippen MR) is 113 cm³/mol. The standard InChI is InChI=1S/C22H25N5O2/c1-23-22(29)17-8-9-26(13-17)20-10-21(28)25(2)15-19(20)18-11-24-27(14-18)12-16-6-4-3-5-7-16/h3-7,10-11,14-15,17H,8-9,12-13H2,1-2H3,(H,23,29). The second-order valence-corrected chi connectivity index (χ2v) is 7.48. The number of carbonyl (C=O) groups excluding carboxylic acids is 1. The minimum absolute atomic E-state index is 0.0496. The van der Waals surface area contributed by atoms with Crippen LogP contribution in [0.4, 0.5) is 5.69 Å². The van der Waals surface area contributed by atoms with Crippen LogP contribution in [0.3, 0.4) is 0 Å². The van der Waals surface area contributed by atoms with Crippen molar-refractivity contribution in [1.82, 2.24) is 19.7 Å². The molecule has 3 aromatic rings. The van der Waals surface area contributed by atoms with Crippen LogP contribution in [0.25, 0.3) is 11.1 Å². The number of benzene rings is 1. The van der Waals surface area contributed by atoms with Crippen molar-refractivity contribution in [2.24, 2.45) is 13.0 Å². The molecule has 1 amide bonds. The third kappa shape index (κ3) is 3.94. The van der Waals surface area contributed by atoms with Gasteiger partial charge in [-0.25, -0.2) is 0 Å². The topological polar surface area (TPSA) is 72.2 Å². The number of anilines is 1. The van der Waals surface area contributed by atoms with Crippen LogP contribution in [-0.4, -0.2) is 40.4 Å². The van der Waals surface area contributed by atoms with Crippen LogP contribution in [-0.2, 0) is 18.4 Å². The van der Waals surface area contributed by atoms with Crippen molar-refractivity contribution in [3.05, 3.63) is 70.9 Å². The van der Waals surface area contributed by atoms with Crippen LogP contribution < -0.4 is 15.8 Å². The minimum Gasteiger partial charge on any atom is -0.370 e. The van der Waals surface area contributed by atoms with Crippen molar-refractivity contribution in [3.63, 3.8) is 0 Å². The molecule has 3 heterocycles. The van der Waals surface area contributed by atoms with Crippen molar-refractivity contribution in [1.29, 1.82) is 0 Å². The molecule has 4 rings (SSSR count). The van der Waals surface area contributed by atoms with Crippen LogP contribution in [0.5, 0.6) is 0 Å². The van der Waals surface area contributed by atoms with Gasteiger partial charge < -0.3 is 14.8 Å². The first kappa shape index (κ1) is 19.0. The maximum Gasteiger partial charge on any atom is 0.252 e. The molecule has 1 saturated heterocycles. The number of rotatable bonds is 5. The van der Waals surface area contributed by atoms with Gasteiger partial charge in [-0.05, 0) is 12.0 Å². The van der Waals surface area contributed by atoms with E-state index in [0.29, 0.717) is 13.1 Å². The van der Waals surface area contributed by atoms with Gasteiger partial charge in [0.25, 0.3) is 5.56 Å². The number of nitrogens with one attached hydrogen (secondary N) is 1. The molecule has 1 unspecified atom stereocenters. The summed E-state index contributed by atoms with van der Waals surface area (Å²) in [5, 5.41) is 7.24. The zero-order valence-corrected chi connectivity index (χ0v) is 16.7. The summed E-state index contributed by atoms with van der Waals surface area (Å²) in [5.41, 5.74) is 3.87. The maximum absolute atomic E-state index is 12.3. The van der Waals surface area contributed by atoms with E-state index in [1.807, 2.05) is 41.5 Å². The van der Waals surface area contributed by atoms with E-state index >= 15 is 0 Å². The van der Waals surface area contributed by atoms with E-state index in [9.17, 15) is 9.59 Å². The molecule has 1 aliphatic rings. The number of aryl methyl sites for hydroxylation is 1. The lowest BCUT2D eigenvalue weighted by Crippen LogP contribution is -2.31. The number of nitrogens with zero attached hydrogens (tertiary/aromatic N) is 4. The highest BCUT2D eigenvalue weighted by Crippen LogP contribution is 2.32. The zero-order valence-electron chi connectivity index (χ0n) is 16.7. The number of carbonyl (C=O) groups is 1. The first-order valence-corrected chi connectivity index (χ1v) is 9.79. The Balaban J connectivity index is 1.65. The summed E-state index contributed by atoms with van der Waals surface area (Å²) < 4.78 is 3.48. The second kappa shape index (κ2) is 7.95. The fourth-order valence-corrected chi connectivity index (χ4v) is 3.86. The molecule has 1 fully saturated rings. The van der Waals surface area contributed by atoms with Crippen LogP contribution in [0.15, 0.2) is 59.8 Å². The summed E-state index contributed by atoms with van der Waals surface area (Å²) in [6, 6.07) is 11.8. The molecule has 1 atom stereocenters. The van der Waals surface area contributed by atoms with Gasteiger partial charge in [0.05, 0.1) is 24.3 Å². The quantitative estimate of drug-likeness (QED) is 0.721. The number of pyridine rings is 1. The first-order valence-electron chi connectivity index (χ1n) is 9.79. The number of aromatic nitrogens is 3. The van der Waals surface area contributed by atoms with Gasteiger partial charge in [0, 0.05) is 56.8 Å². The smallest absolute Gasteiger partial charge is 0.252 e. The highest BCUT2D eigenvalue weighted by atomic mass is 16.2. The van der Waals surface area contributed by atoms with Crippen molar-refractivity contribution in [3.8, 4) is 11.1 Å².